The average Bonchev–Trinajstić information content (AvgIpc) is 2.96. The Labute approximate surface area is 118 Å². The Balaban J connectivity index is 2.18. The molecular weight excluding hydrogens is 282 g/mol. The minimum absolute atomic E-state index is 0.0323. The third kappa shape index (κ3) is 2.85. The van der Waals surface area contributed by atoms with E-state index in [-0.39, 0.29) is 17.5 Å². The lowest BCUT2D eigenvalue weighted by atomic mass is 10.0. The Morgan fingerprint density at radius 2 is 2.30 bits per heavy atom. The number of sulfonamides is 1. The molecule has 20 heavy (non-hydrogen) atoms. The number of piperidine rings is 1. The summed E-state index contributed by atoms with van der Waals surface area (Å²) in [4.78, 5) is 15.5. The van der Waals surface area contributed by atoms with Crippen LogP contribution in [0.25, 0.3) is 0 Å². The molecule has 1 aliphatic heterocycles. The molecule has 0 radical (unpaired) electrons. The predicted molar refractivity (Wildman–Crippen MR) is 71.4 cm³/mol. The van der Waals surface area contributed by atoms with Crippen LogP contribution < -0.4 is 0 Å². The average molecular weight is 301 g/mol. The maximum Gasteiger partial charge on any atom is 0.309 e. The molecule has 1 fully saturated rings. The number of ether oxygens (including phenoxy) is 1. The van der Waals surface area contributed by atoms with Crippen LogP contribution in [0.2, 0.25) is 0 Å². The second-order valence-corrected chi connectivity index (χ2v) is 6.65. The van der Waals surface area contributed by atoms with Gasteiger partial charge in [0.2, 0.25) is 0 Å². The summed E-state index contributed by atoms with van der Waals surface area (Å²) in [6.07, 6.45) is 4.31. The Bertz CT molecular complexity index is 581. The molecule has 0 N–H and O–H groups in total. The standard InChI is InChI=1S/C12H19N3O4S/c1-3-14-8-11(13-9-14)20(17,18)15-6-4-5-10(7-15)12(16)19-2/h8-10H,3-7H2,1-2H3/t10-/m0/s1. The van der Waals surface area contributed by atoms with Crippen LogP contribution in [-0.4, -0.2) is 48.4 Å². The zero-order valence-corrected chi connectivity index (χ0v) is 12.5. The van der Waals surface area contributed by atoms with Crippen molar-refractivity contribution in [3.63, 3.8) is 0 Å². The summed E-state index contributed by atoms with van der Waals surface area (Å²) in [5.41, 5.74) is 0. The zero-order chi connectivity index (χ0) is 14.8. The largest absolute Gasteiger partial charge is 0.469 e. The van der Waals surface area contributed by atoms with Gasteiger partial charge in [0.1, 0.15) is 0 Å². The molecule has 0 amide bonds. The number of hydrogen-bond donors (Lipinski definition) is 0. The lowest BCUT2D eigenvalue weighted by Gasteiger charge is -2.29. The summed E-state index contributed by atoms with van der Waals surface area (Å²) in [6.45, 7) is 3.14. The van der Waals surface area contributed by atoms with E-state index in [0.29, 0.717) is 25.9 Å². The van der Waals surface area contributed by atoms with Gasteiger partial charge in [0.15, 0.2) is 5.03 Å². The maximum absolute atomic E-state index is 12.5. The molecule has 1 saturated heterocycles. The maximum atomic E-state index is 12.5. The van der Waals surface area contributed by atoms with Gasteiger partial charge in [-0.25, -0.2) is 13.4 Å². The predicted octanol–water partition coefficient (Wildman–Crippen LogP) is 0.477. The second kappa shape index (κ2) is 5.92. The number of imidazole rings is 1. The van der Waals surface area contributed by atoms with Gasteiger partial charge >= 0.3 is 5.97 Å². The molecular formula is C12H19N3O4S. The van der Waals surface area contributed by atoms with Crippen LogP contribution in [0, 0.1) is 5.92 Å². The zero-order valence-electron chi connectivity index (χ0n) is 11.7. The van der Waals surface area contributed by atoms with Crippen molar-refractivity contribution in [3.8, 4) is 0 Å². The van der Waals surface area contributed by atoms with E-state index in [1.807, 2.05) is 6.92 Å². The molecule has 0 saturated carbocycles. The fraction of sp³-hybridized carbons (Fsp3) is 0.667. The Morgan fingerprint density at radius 3 is 2.90 bits per heavy atom. The van der Waals surface area contributed by atoms with Crippen LogP contribution in [0.1, 0.15) is 19.8 Å². The normalized spacial score (nSPS) is 20.8. The number of esters is 1. The number of rotatable bonds is 4. The molecule has 1 aromatic heterocycles. The smallest absolute Gasteiger partial charge is 0.309 e. The molecule has 2 heterocycles. The van der Waals surface area contributed by atoms with Gasteiger partial charge < -0.3 is 9.30 Å². The summed E-state index contributed by atoms with van der Waals surface area (Å²) >= 11 is 0. The fourth-order valence-corrected chi connectivity index (χ4v) is 3.76. The van der Waals surface area contributed by atoms with Crippen molar-refractivity contribution >= 4 is 16.0 Å². The summed E-state index contributed by atoms with van der Waals surface area (Å²) < 4.78 is 32.7. The molecule has 112 valence electrons. The topological polar surface area (TPSA) is 81.5 Å². The lowest BCUT2D eigenvalue weighted by molar-refractivity contribution is -0.146. The number of hydrogen-bond acceptors (Lipinski definition) is 5. The summed E-state index contributed by atoms with van der Waals surface area (Å²) in [5, 5.41) is 0.0323. The summed E-state index contributed by atoms with van der Waals surface area (Å²) in [7, 11) is -2.31. The first-order valence-corrected chi connectivity index (χ1v) is 8.02. The van der Waals surface area contributed by atoms with Gasteiger partial charge in [0.25, 0.3) is 10.0 Å². The highest BCUT2D eigenvalue weighted by atomic mass is 32.2. The molecule has 1 aliphatic rings. The highest BCUT2D eigenvalue weighted by Gasteiger charge is 2.34. The molecule has 1 atom stereocenters. The number of aromatic nitrogens is 2. The molecule has 0 aromatic carbocycles. The van der Waals surface area contributed by atoms with Crippen molar-refractivity contribution in [1.29, 1.82) is 0 Å². The van der Waals surface area contributed by atoms with Crippen molar-refractivity contribution in [2.75, 3.05) is 20.2 Å². The first-order valence-electron chi connectivity index (χ1n) is 6.58. The number of nitrogens with zero attached hydrogens (tertiary/aromatic N) is 3. The molecule has 0 aliphatic carbocycles. The van der Waals surface area contributed by atoms with Crippen LogP contribution in [0.15, 0.2) is 17.6 Å². The van der Waals surface area contributed by atoms with E-state index in [0.717, 1.165) is 0 Å². The van der Waals surface area contributed by atoms with Gasteiger partial charge in [-0.15, -0.1) is 0 Å². The molecule has 0 spiro atoms. The molecule has 1 aromatic rings. The molecule has 0 unspecified atom stereocenters. The number of carbonyl (C=O) groups excluding carboxylic acids is 1. The third-order valence-electron chi connectivity index (χ3n) is 3.50. The van der Waals surface area contributed by atoms with E-state index in [1.54, 1.807) is 4.57 Å². The SMILES string of the molecule is CCn1cnc(S(=O)(=O)N2CCC[C@H](C(=O)OC)C2)c1. The molecule has 8 heteroatoms. The van der Waals surface area contributed by atoms with Gasteiger partial charge in [0.05, 0.1) is 19.4 Å². The van der Waals surface area contributed by atoms with Gasteiger partial charge in [-0.3, -0.25) is 4.79 Å². The quantitative estimate of drug-likeness (QED) is 0.755. The Kier molecular flexibility index (Phi) is 4.44. The van der Waals surface area contributed by atoms with E-state index in [1.165, 1.54) is 23.9 Å². The van der Waals surface area contributed by atoms with Gasteiger partial charge in [0, 0.05) is 25.8 Å². The van der Waals surface area contributed by atoms with Crippen LogP contribution in [-0.2, 0) is 26.1 Å². The molecule has 7 nitrogen and oxygen atoms in total. The van der Waals surface area contributed by atoms with Crippen LogP contribution in [0.5, 0.6) is 0 Å². The molecule has 0 bridgehead atoms. The fourth-order valence-electron chi connectivity index (χ4n) is 2.30. The van der Waals surface area contributed by atoms with Crippen molar-refractivity contribution in [3.05, 3.63) is 12.5 Å². The second-order valence-electron chi connectivity index (χ2n) is 4.77. The number of carbonyl (C=O) groups is 1. The lowest BCUT2D eigenvalue weighted by Crippen LogP contribution is -2.42. The number of aryl methyl sites for hydroxylation is 1. The van der Waals surface area contributed by atoms with E-state index in [2.05, 4.69) is 4.98 Å². The highest BCUT2D eigenvalue weighted by molar-refractivity contribution is 7.89. The number of methoxy groups -OCH3 is 1. The van der Waals surface area contributed by atoms with Crippen LogP contribution in [0.3, 0.4) is 0 Å². The van der Waals surface area contributed by atoms with E-state index in [4.69, 9.17) is 4.74 Å². The molecule has 2 rings (SSSR count). The van der Waals surface area contributed by atoms with Gasteiger partial charge in [-0.1, -0.05) is 0 Å². The first-order chi connectivity index (χ1) is 9.48. The third-order valence-corrected chi connectivity index (χ3v) is 5.25. The highest BCUT2D eigenvalue weighted by Crippen LogP contribution is 2.23. The van der Waals surface area contributed by atoms with E-state index < -0.39 is 15.9 Å². The Morgan fingerprint density at radius 1 is 1.55 bits per heavy atom. The van der Waals surface area contributed by atoms with Gasteiger partial charge in [-0.05, 0) is 19.8 Å². The van der Waals surface area contributed by atoms with Crippen molar-refractivity contribution in [2.45, 2.75) is 31.3 Å². The minimum atomic E-state index is -3.63. The van der Waals surface area contributed by atoms with E-state index >= 15 is 0 Å². The Hall–Kier alpha value is -1.41. The van der Waals surface area contributed by atoms with Crippen LogP contribution in [0.4, 0.5) is 0 Å². The van der Waals surface area contributed by atoms with Crippen LogP contribution >= 0.6 is 0 Å². The van der Waals surface area contributed by atoms with Crippen molar-refractivity contribution in [1.82, 2.24) is 13.9 Å². The minimum Gasteiger partial charge on any atom is -0.469 e. The van der Waals surface area contributed by atoms with E-state index in [9.17, 15) is 13.2 Å². The summed E-state index contributed by atoms with van der Waals surface area (Å²) in [6, 6.07) is 0. The van der Waals surface area contributed by atoms with Crippen molar-refractivity contribution in [2.24, 2.45) is 5.92 Å². The van der Waals surface area contributed by atoms with Crippen molar-refractivity contribution < 1.29 is 17.9 Å². The van der Waals surface area contributed by atoms with Gasteiger partial charge in [-0.2, -0.15) is 4.31 Å². The first kappa shape index (κ1) is 15.0. The monoisotopic (exact) mass is 301 g/mol. The summed E-state index contributed by atoms with van der Waals surface area (Å²) in [5.74, 6) is -0.749.